The van der Waals surface area contributed by atoms with Crippen LogP contribution in [0.25, 0.3) is 49.4 Å². The fourth-order valence-corrected chi connectivity index (χ4v) is 10.5. The second-order valence-corrected chi connectivity index (χ2v) is 18.4. The van der Waals surface area contributed by atoms with Crippen LogP contribution in [0.15, 0.2) is 206 Å². The summed E-state index contributed by atoms with van der Waals surface area (Å²) in [5.74, 6) is 0. The maximum atomic E-state index is 10.8. The van der Waals surface area contributed by atoms with Gasteiger partial charge in [-0.05, 0) is 158 Å². The average molecular weight is 847 g/mol. The molecule has 0 spiro atoms. The van der Waals surface area contributed by atoms with E-state index >= 15 is 0 Å². The van der Waals surface area contributed by atoms with Gasteiger partial charge in [0.25, 0.3) is 0 Å². The van der Waals surface area contributed by atoms with Crippen molar-refractivity contribution in [1.29, 1.82) is 5.26 Å². The van der Waals surface area contributed by atoms with Crippen molar-refractivity contribution in [1.82, 2.24) is 0 Å². The van der Waals surface area contributed by atoms with Crippen molar-refractivity contribution in [2.45, 2.75) is 38.5 Å². The van der Waals surface area contributed by atoms with E-state index in [-0.39, 0.29) is 10.8 Å². The third-order valence-electron chi connectivity index (χ3n) is 13.9. The third kappa shape index (κ3) is 6.50. The molecule has 9 aromatic carbocycles. The second-order valence-electron chi connectivity index (χ2n) is 18.4. The smallest absolute Gasteiger partial charge is 0.195 e. The normalized spacial score (nSPS) is 13.4. The number of hydrogen-bond acceptors (Lipinski definition) is 3. The number of nitrogens with zero attached hydrogens (tertiary/aromatic N) is 4. The number of nitriles is 1. The molecule has 9 aromatic rings. The number of rotatable bonds is 8. The summed E-state index contributed by atoms with van der Waals surface area (Å²) in [7, 11) is 0. The lowest BCUT2D eigenvalue weighted by molar-refractivity contribution is 0.660. The van der Waals surface area contributed by atoms with Crippen LogP contribution in [0, 0.1) is 17.9 Å². The zero-order chi connectivity index (χ0) is 45.2. The van der Waals surface area contributed by atoms with Crippen LogP contribution >= 0.6 is 0 Å². The molecule has 314 valence electrons. The molecule has 0 aliphatic heterocycles. The summed E-state index contributed by atoms with van der Waals surface area (Å²) in [6, 6.07) is 75.1. The van der Waals surface area contributed by atoms with Gasteiger partial charge in [-0.15, -0.1) is 0 Å². The lowest BCUT2D eigenvalue weighted by atomic mass is 9.80. The molecule has 2 aliphatic rings. The van der Waals surface area contributed by atoms with Gasteiger partial charge in [0.1, 0.15) is 0 Å². The molecule has 0 atom stereocenters. The van der Waals surface area contributed by atoms with E-state index in [0.29, 0.717) is 11.3 Å². The Bertz CT molecular complexity index is 3120. The van der Waals surface area contributed by atoms with Crippen LogP contribution in [0.1, 0.15) is 55.5 Å². The first kappa shape index (κ1) is 40.3. The summed E-state index contributed by atoms with van der Waals surface area (Å²) in [5, 5.41) is 10.8. The van der Waals surface area contributed by atoms with Gasteiger partial charge in [0.05, 0.1) is 18.2 Å². The molecule has 0 heterocycles. The van der Waals surface area contributed by atoms with Gasteiger partial charge in [-0.25, -0.2) is 4.85 Å². The van der Waals surface area contributed by atoms with Crippen LogP contribution in [0.3, 0.4) is 0 Å². The first-order chi connectivity index (χ1) is 32.1. The summed E-state index contributed by atoms with van der Waals surface area (Å²) >= 11 is 0. The van der Waals surface area contributed by atoms with E-state index < -0.39 is 0 Å². The van der Waals surface area contributed by atoms with Crippen molar-refractivity contribution in [2.75, 3.05) is 9.80 Å². The van der Waals surface area contributed by atoms with Crippen LogP contribution in [-0.2, 0) is 10.8 Å². The van der Waals surface area contributed by atoms with Crippen LogP contribution in [0.2, 0.25) is 0 Å². The van der Waals surface area contributed by atoms with Crippen molar-refractivity contribution in [3.8, 4) is 50.6 Å². The average Bonchev–Trinajstić information content (AvgIpc) is 3.73. The molecule has 0 N–H and O–H groups in total. The van der Waals surface area contributed by atoms with Gasteiger partial charge in [0.15, 0.2) is 5.69 Å². The minimum absolute atomic E-state index is 0.317. The quantitative estimate of drug-likeness (QED) is 0.143. The van der Waals surface area contributed by atoms with Gasteiger partial charge in [0, 0.05) is 45.0 Å². The zero-order valence-corrected chi connectivity index (χ0v) is 37.4. The Balaban J connectivity index is 0.939. The van der Waals surface area contributed by atoms with Crippen molar-refractivity contribution in [3.63, 3.8) is 0 Å². The lowest BCUT2D eigenvalue weighted by Gasteiger charge is -2.28. The number of benzene rings is 9. The highest BCUT2D eigenvalue weighted by molar-refractivity contribution is 5.93. The van der Waals surface area contributed by atoms with Gasteiger partial charge in [-0.1, -0.05) is 143 Å². The van der Waals surface area contributed by atoms with Crippen LogP contribution in [0.5, 0.6) is 0 Å². The molecule has 4 nitrogen and oxygen atoms in total. The highest BCUT2D eigenvalue weighted by Gasteiger charge is 2.38. The number of hydrogen-bond donors (Lipinski definition) is 0. The van der Waals surface area contributed by atoms with E-state index in [2.05, 4.69) is 218 Å². The van der Waals surface area contributed by atoms with Gasteiger partial charge in [0.2, 0.25) is 0 Å². The molecule has 66 heavy (non-hydrogen) atoms. The fourth-order valence-electron chi connectivity index (χ4n) is 10.5. The molecule has 0 radical (unpaired) electrons. The second kappa shape index (κ2) is 15.7. The maximum absolute atomic E-state index is 10.8. The summed E-state index contributed by atoms with van der Waals surface area (Å²) < 4.78 is 0. The Morgan fingerprint density at radius 1 is 0.379 bits per heavy atom. The molecule has 0 aromatic heterocycles. The molecular formula is C62H46N4. The van der Waals surface area contributed by atoms with E-state index in [0.717, 1.165) is 56.4 Å². The Kier molecular flexibility index (Phi) is 9.58. The van der Waals surface area contributed by atoms with Gasteiger partial charge < -0.3 is 9.80 Å². The summed E-state index contributed by atoms with van der Waals surface area (Å²) in [4.78, 5) is 8.72. The Morgan fingerprint density at radius 2 is 0.727 bits per heavy atom. The largest absolute Gasteiger partial charge is 0.310 e. The number of anilines is 6. The molecule has 11 rings (SSSR count). The minimum atomic E-state index is -0.317. The SMILES string of the molecule is [C-]#[N+]c1cc(-c2ccc3c(c2)C(C)(C)c2cc(N(c4ccccc4)c4ccccc4)ccc2-3)c(C#N)cc1-c1ccc2c(c1)C(C)(C)c1cc(N(c3ccccc3)c3ccccc3)ccc1-2. The van der Waals surface area contributed by atoms with Crippen LogP contribution in [0.4, 0.5) is 39.8 Å². The Labute approximate surface area is 387 Å². The highest BCUT2D eigenvalue weighted by atomic mass is 15.1. The summed E-state index contributed by atoms with van der Waals surface area (Å²) in [6.07, 6.45) is 0. The Hall–Kier alpha value is -8.44. The highest BCUT2D eigenvalue weighted by Crippen LogP contribution is 2.54. The molecule has 4 heteroatoms. The molecule has 0 amide bonds. The predicted molar refractivity (Wildman–Crippen MR) is 273 cm³/mol. The standard InChI is InChI=1S/C62H46N4/c1-61(2)56-35-41(26-30-50(56)52-32-28-48(37-58(52)61)65(44-18-10-6-11-19-44)45-20-12-7-13-21-45)54-39-60(64-5)55(34-43(54)40-63)42-27-31-51-53-33-29-49(38-59(53)62(3,4)57(51)36-42)66(46-22-14-8-15-23-46)47-24-16-9-17-25-47/h6-39H,1-4H3. The van der Waals surface area contributed by atoms with Crippen molar-refractivity contribution >= 4 is 39.8 Å². The first-order valence-electron chi connectivity index (χ1n) is 22.5. The molecule has 0 fully saturated rings. The molecule has 2 aliphatic carbocycles. The molecule has 0 bridgehead atoms. The predicted octanol–water partition coefficient (Wildman–Crippen LogP) is 17.0. The van der Waals surface area contributed by atoms with E-state index in [4.69, 9.17) is 6.57 Å². The Morgan fingerprint density at radius 3 is 1.09 bits per heavy atom. The van der Waals surface area contributed by atoms with Gasteiger partial charge >= 0.3 is 0 Å². The van der Waals surface area contributed by atoms with E-state index in [1.165, 1.54) is 44.5 Å². The number of para-hydroxylation sites is 4. The maximum Gasteiger partial charge on any atom is 0.195 e. The van der Waals surface area contributed by atoms with E-state index in [1.807, 2.05) is 36.4 Å². The van der Waals surface area contributed by atoms with E-state index in [1.54, 1.807) is 0 Å². The first-order valence-corrected chi connectivity index (χ1v) is 22.5. The van der Waals surface area contributed by atoms with Crippen LogP contribution in [-0.4, -0.2) is 0 Å². The van der Waals surface area contributed by atoms with Gasteiger partial charge in [-0.2, -0.15) is 5.26 Å². The molecule has 0 saturated carbocycles. The molecule has 0 saturated heterocycles. The monoisotopic (exact) mass is 846 g/mol. The lowest BCUT2D eigenvalue weighted by Crippen LogP contribution is -2.16. The van der Waals surface area contributed by atoms with Crippen LogP contribution < -0.4 is 9.80 Å². The fraction of sp³-hybridized carbons (Fsp3) is 0.0968. The molecular weight excluding hydrogens is 801 g/mol. The summed E-state index contributed by atoms with van der Waals surface area (Å²) in [5.41, 5.74) is 20.1. The van der Waals surface area contributed by atoms with Gasteiger partial charge in [-0.3, -0.25) is 0 Å². The van der Waals surface area contributed by atoms with Crippen molar-refractivity contribution in [3.05, 3.63) is 245 Å². The van der Waals surface area contributed by atoms with E-state index in [9.17, 15) is 5.26 Å². The molecule has 0 unspecified atom stereocenters. The summed E-state index contributed by atoms with van der Waals surface area (Å²) in [6.45, 7) is 17.6. The van der Waals surface area contributed by atoms with Crippen molar-refractivity contribution < 1.29 is 0 Å². The zero-order valence-electron chi connectivity index (χ0n) is 37.4. The van der Waals surface area contributed by atoms with Crippen molar-refractivity contribution in [2.24, 2.45) is 0 Å². The third-order valence-corrected chi connectivity index (χ3v) is 13.9. The number of fused-ring (bicyclic) bond motifs is 6. The topological polar surface area (TPSA) is 34.6 Å². The minimum Gasteiger partial charge on any atom is -0.310 e.